The molecule has 2 aromatic carbocycles. The van der Waals surface area contributed by atoms with Crippen LogP contribution < -0.4 is 4.74 Å². The van der Waals surface area contributed by atoms with E-state index in [9.17, 15) is 30.6 Å². The van der Waals surface area contributed by atoms with Crippen molar-refractivity contribution in [1.82, 2.24) is 0 Å². The molecule has 4 atom stereocenters. The maximum Gasteiger partial charge on any atom is 0.128 e. The Balaban J connectivity index is 2.62. The molecule has 0 aliphatic heterocycles. The van der Waals surface area contributed by atoms with Crippen LogP contribution in [0.5, 0.6) is 11.5 Å². The molecular weight excluding hydrogens is 621 g/mol. The number of phenolic OH excluding ortho intramolecular Hbond substituents is 1. The normalized spacial score (nSPS) is 16.2. The van der Waals surface area contributed by atoms with E-state index in [1.165, 1.54) is 0 Å². The van der Waals surface area contributed by atoms with Crippen molar-refractivity contribution in [2.45, 2.75) is 157 Å². The van der Waals surface area contributed by atoms with Gasteiger partial charge in [-0.15, -0.1) is 23.5 Å². The minimum atomic E-state index is -1.73. The van der Waals surface area contributed by atoms with Gasteiger partial charge in [-0.2, -0.15) is 0 Å². The second-order valence-electron chi connectivity index (χ2n) is 16.9. The van der Waals surface area contributed by atoms with Crippen LogP contribution >= 0.6 is 23.5 Å². The van der Waals surface area contributed by atoms with E-state index in [0.717, 1.165) is 32.0 Å². The Bertz CT molecular complexity index is 1290. The Labute approximate surface area is 286 Å². The molecule has 0 saturated heterocycles. The van der Waals surface area contributed by atoms with Gasteiger partial charge in [0.2, 0.25) is 0 Å². The van der Waals surface area contributed by atoms with Gasteiger partial charge in [0, 0.05) is 26.5 Å². The summed E-state index contributed by atoms with van der Waals surface area (Å²) < 4.78 is 6.00. The number of aliphatic hydroxyl groups is 5. The Hall–Kier alpha value is -1.46. The molecule has 0 fully saturated rings. The number of aromatic hydroxyl groups is 1. The van der Waals surface area contributed by atoms with Crippen molar-refractivity contribution in [1.29, 1.82) is 0 Å². The number of thioether (sulfide) groups is 2. The Kier molecular flexibility index (Phi) is 12.9. The van der Waals surface area contributed by atoms with Gasteiger partial charge in [0.05, 0.1) is 10.7 Å². The van der Waals surface area contributed by atoms with E-state index in [1.807, 2.05) is 0 Å². The molecule has 46 heavy (non-hydrogen) atoms. The van der Waals surface area contributed by atoms with Crippen molar-refractivity contribution in [3.8, 4) is 11.5 Å². The number of benzene rings is 2. The second kappa shape index (κ2) is 14.6. The monoisotopic (exact) mass is 680 g/mol. The highest BCUT2D eigenvalue weighted by atomic mass is 32.2. The molecule has 0 amide bonds. The summed E-state index contributed by atoms with van der Waals surface area (Å²) in [5, 5.41) is 61.5. The van der Waals surface area contributed by atoms with Crippen LogP contribution in [-0.2, 0) is 21.7 Å². The SMILES string of the molecule is CC(C)(Sc1cc(C(C)(C)C)c(O)c(C(C)(C)C)c1)Sc1ccc(C(C)(C)C)c(OC[C@@H](O)[C@@H](O)[C@H](O)[C@@H](O)CO)c1C(C)(C)C. The second-order valence-corrected chi connectivity index (χ2v) is 20.5. The van der Waals surface area contributed by atoms with Gasteiger partial charge in [0.1, 0.15) is 42.5 Å². The fraction of sp³-hybridized carbons (Fsp3) is 0.676. The number of rotatable bonds is 11. The molecule has 6 N–H and O–H groups in total. The van der Waals surface area contributed by atoms with Crippen LogP contribution in [-0.4, -0.2) is 72.3 Å². The first-order valence-corrected chi connectivity index (χ1v) is 17.6. The third-order valence-corrected chi connectivity index (χ3v) is 10.3. The summed E-state index contributed by atoms with van der Waals surface area (Å²) in [6.07, 6.45) is -6.55. The Morgan fingerprint density at radius 1 is 0.630 bits per heavy atom. The summed E-state index contributed by atoms with van der Waals surface area (Å²) in [5.41, 5.74) is 2.58. The molecule has 0 radical (unpaired) electrons. The van der Waals surface area contributed by atoms with Crippen LogP contribution in [0.25, 0.3) is 0 Å². The van der Waals surface area contributed by atoms with Crippen LogP contribution in [0.4, 0.5) is 0 Å². The van der Waals surface area contributed by atoms with E-state index in [2.05, 4.69) is 121 Å². The molecule has 2 aromatic rings. The largest absolute Gasteiger partial charge is 0.507 e. The van der Waals surface area contributed by atoms with Crippen LogP contribution in [0.1, 0.15) is 119 Å². The fourth-order valence-electron chi connectivity index (χ4n) is 5.31. The summed E-state index contributed by atoms with van der Waals surface area (Å²) >= 11 is 3.46. The number of phenols is 1. The van der Waals surface area contributed by atoms with Crippen molar-refractivity contribution in [3.05, 3.63) is 46.5 Å². The number of aliphatic hydroxyl groups excluding tert-OH is 5. The Morgan fingerprint density at radius 2 is 1.09 bits per heavy atom. The first-order chi connectivity index (χ1) is 20.6. The van der Waals surface area contributed by atoms with Gasteiger partial charge in [-0.05, 0) is 59.3 Å². The highest BCUT2D eigenvalue weighted by Gasteiger charge is 2.35. The molecule has 0 aliphatic rings. The maximum atomic E-state index is 11.3. The van der Waals surface area contributed by atoms with Gasteiger partial charge in [0.25, 0.3) is 0 Å². The van der Waals surface area contributed by atoms with Crippen molar-refractivity contribution in [2.75, 3.05) is 13.2 Å². The van der Waals surface area contributed by atoms with Gasteiger partial charge in [-0.1, -0.05) is 89.2 Å². The van der Waals surface area contributed by atoms with Gasteiger partial charge in [-0.3, -0.25) is 0 Å². The van der Waals surface area contributed by atoms with Gasteiger partial charge < -0.3 is 35.4 Å². The molecule has 0 aliphatic carbocycles. The summed E-state index contributed by atoms with van der Waals surface area (Å²) in [6, 6.07) is 8.39. The van der Waals surface area contributed by atoms with Crippen molar-refractivity contribution in [2.24, 2.45) is 0 Å². The number of hydrogen-bond donors (Lipinski definition) is 6. The molecule has 7 nitrogen and oxygen atoms in total. The zero-order valence-corrected chi connectivity index (χ0v) is 32.1. The molecule has 0 bridgehead atoms. The molecule has 9 heteroatoms. The standard InChI is InChI=1S/C37H60O7S2/c1-33(2,3)22-15-16-27(28(36(10,11)12)32(22)44-20-26(40)31(43)30(42)25(39)19-38)46-37(13,14)45-21-17-23(34(4,5)6)29(41)24(18-21)35(7,8)9/h15-18,25-26,30-31,38-43H,19-20H2,1-14H3/t25-,26+,30+,31+/m0/s1. The van der Waals surface area contributed by atoms with Crippen molar-refractivity contribution >= 4 is 23.5 Å². The molecule has 0 heterocycles. The van der Waals surface area contributed by atoms with Crippen LogP contribution in [0.2, 0.25) is 0 Å². The summed E-state index contributed by atoms with van der Waals surface area (Å²) in [7, 11) is 0. The fourth-order valence-corrected chi connectivity index (χ4v) is 8.12. The minimum Gasteiger partial charge on any atom is -0.507 e. The highest BCUT2D eigenvalue weighted by molar-refractivity contribution is 8.18. The van der Waals surface area contributed by atoms with E-state index in [1.54, 1.807) is 23.5 Å². The topological polar surface area (TPSA) is 131 Å². The van der Waals surface area contributed by atoms with Crippen molar-refractivity contribution < 1.29 is 35.4 Å². The smallest absolute Gasteiger partial charge is 0.128 e. The molecule has 0 spiro atoms. The van der Waals surface area contributed by atoms with Gasteiger partial charge >= 0.3 is 0 Å². The zero-order valence-electron chi connectivity index (χ0n) is 30.4. The summed E-state index contributed by atoms with van der Waals surface area (Å²) in [6.45, 7) is 28.6. The average Bonchev–Trinajstić information content (AvgIpc) is 2.87. The van der Waals surface area contributed by atoms with E-state index in [0.29, 0.717) is 11.5 Å². The predicted octanol–water partition coefficient (Wildman–Crippen LogP) is 7.02. The van der Waals surface area contributed by atoms with E-state index >= 15 is 0 Å². The molecule has 2 rings (SSSR count). The van der Waals surface area contributed by atoms with E-state index < -0.39 is 31.0 Å². The van der Waals surface area contributed by atoms with Gasteiger partial charge in [0.15, 0.2) is 0 Å². The van der Waals surface area contributed by atoms with E-state index in [-0.39, 0.29) is 32.3 Å². The van der Waals surface area contributed by atoms with Crippen molar-refractivity contribution in [3.63, 3.8) is 0 Å². The third kappa shape index (κ3) is 10.3. The molecule has 0 unspecified atom stereocenters. The zero-order chi connectivity index (χ0) is 35.8. The van der Waals surface area contributed by atoms with Gasteiger partial charge in [-0.25, -0.2) is 0 Å². The quantitative estimate of drug-likeness (QED) is 0.110. The first kappa shape index (κ1) is 40.7. The minimum absolute atomic E-state index is 0.239. The lowest BCUT2D eigenvalue weighted by Crippen LogP contribution is -2.47. The van der Waals surface area contributed by atoms with Crippen LogP contribution in [0, 0.1) is 0 Å². The lowest BCUT2D eigenvalue weighted by molar-refractivity contribution is -0.121. The summed E-state index contributed by atoms with van der Waals surface area (Å²) in [5.74, 6) is 0.971. The average molecular weight is 681 g/mol. The highest BCUT2D eigenvalue weighted by Crippen LogP contribution is 2.53. The maximum absolute atomic E-state index is 11.3. The lowest BCUT2D eigenvalue weighted by Gasteiger charge is -2.35. The molecule has 0 aromatic heterocycles. The first-order valence-electron chi connectivity index (χ1n) is 16.0. The van der Waals surface area contributed by atoms with Crippen LogP contribution in [0.3, 0.4) is 0 Å². The lowest BCUT2D eigenvalue weighted by atomic mass is 9.79. The third-order valence-electron chi connectivity index (χ3n) is 7.82. The Morgan fingerprint density at radius 3 is 1.50 bits per heavy atom. The van der Waals surface area contributed by atoms with Crippen LogP contribution in [0.15, 0.2) is 34.1 Å². The molecule has 262 valence electrons. The summed E-state index contributed by atoms with van der Waals surface area (Å²) in [4.78, 5) is 2.09. The molecular formula is C37H60O7S2. The number of ether oxygens (including phenoxy) is 1. The van der Waals surface area contributed by atoms with E-state index in [4.69, 9.17) is 4.74 Å². The number of hydrogen-bond acceptors (Lipinski definition) is 9. The predicted molar refractivity (Wildman–Crippen MR) is 192 cm³/mol. The molecule has 0 saturated carbocycles.